The van der Waals surface area contributed by atoms with Crippen molar-refractivity contribution in [3.63, 3.8) is 0 Å². The van der Waals surface area contributed by atoms with Crippen molar-refractivity contribution in [1.82, 2.24) is 9.88 Å². The monoisotopic (exact) mass is 270 g/mol. The summed E-state index contributed by atoms with van der Waals surface area (Å²) in [5.74, 6) is 0. The molecule has 0 fully saturated rings. The molecule has 3 nitrogen and oxygen atoms in total. The molecule has 0 bridgehead atoms. The summed E-state index contributed by atoms with van der Waals surface area (Å²) >= 11 is 0. The molecule has 1 heterocycles. The maximum Gasteiger partial charge on any atom is 0.0718 e. The van der Waals surface area contributed by atoms with Gasteiger partial charge in [0.15, 0.2) is 0 Å². The number of hydrogen-bond acceptors (Lipinski definition) is 3. The van der Waals surface area contributed by atoms with E-state index in [0.29, 0.717) is 6.54 Å². The van der Waals surface area contributed by atoms with Crippen LogP contribution < -0.4 is 0 Å². The van der Waals surface area contributed by atoms with Crippen LogP contribution >= 0.6 is 0 Å². The second-order valence-electron chi connectivity index (χ2n) is 5.80. The summed E-state index contributed by atoms with van der Waals surface area (Å²) in [5.41, 5.74) is 1.70. The highest BCUT2D eigenvalue weighted by Gasteiger charge is 2.18. The van der Waals surface area contributed by atoms with Gasteiger partial charge in [0.2, 0.25) is 0 Å². The number of aromatic nitrogens is 1. The first-order valence-electron chi connectivity index (χ1n) is 6.90. The van der Waals surface area contributed by atoms with E-state index in [2.05, 4.69) is 28.1 Å². The average molecular weight is 270 g/mol. The lowest BCUT2D eigenvalue weighted by Crippen LogP contribution is -2.37. The zero-order valence-corrected chi connectivity index (χ0v) is 12.2. The van der Waals surface area contributed by atoms with E-state index < -0.39 is 5.60 Å². The third-order valence-electron chi connectivity index (χ3n) is 2.99. The largest absolute Gasteiger partial charge is 0.389 e. The van der Waals surface area contributed by atoms with Crippen molar-refractivity contribution in [3.05, 3.63) is 66.0 Å². The number of rotatable bonds is 6. The van der Waals surface area contributed by atoms with Crippen molar-refractivity contribution in [2.75, 3.05) is 6.54 Å². The third-order valence-corrected chi connectivity index (χ3v) is 2.99. The SMILES string of the molecule is CC(C)(O)CN(Cc1ccccc1)Cc1cccnc1. The van der Waals surface area contributed by atoms with E-state index >= 15 is 0 Å². The Morgan fingerprint density at radius 2 is 1.65 bits per heavy atom. The van der Waals surface area contributed by atoms with Crippen molar-refractivity contribution in [2.24, 2.45) is 0 Å². The van der Waals surface area contributed by atoms with Crippen LogP contribution in [0.15, 0.2) is 54.9 Å². The van der Waals surface area contributed by atoms with Crippen LogP contribution in [0.1, 0.15) is 25.0 Å². The van der Waals surface area contributed by atoms with Crippen molar-refractivity contribution in [3.8, 4) is 0 Å². The predicted octanol–water partition coefficient (Wildman–Crippen LogP) is 2.85. The second-order valence-corrected chi connectivity index (χ2v) is 5.80. The lowest BCUT2D eigenvalue weighted by molar-refractivity contribution is 0.0306. The highest BCUT2D eigenvalue weighted by Crippen LogP contribution is 2.13. The number of pyridine rings is 1. The van der Waals surface area contributed by atoms with Gasteiger partial charge in [0.25, 0.3) is 0 Å². The first kappa shape index (κ1) is 14.7. The van der Waals surface area contributed by atoms with E-state index in [0.717, 1.165) is 18.7 Å². The molecule has 0 saturated carbocycles. The van der Waals surface area contributed by atoms with Gasteiger partial charge >= 0.3 is 0 Å². The molecule has 1 aromatic heterocycles. The molecule has 0 aliphatic heterocycles. The lowest BCUT2D eigenvalue weighted by Gasteiger charge is -2.29. The fourth-order valence-corrected chi connectivity index (χ4v) is 2.31. The standard InChI is InChI=1S/C17H22N2O/c1-17(2,20)14-19(12-15-7-4-3-5-8-15)13-16-9-6-10-18-11-16/h3-11,20H,12-14H2,1-2H3. The number of aliphatic hydroxyl groups is 1. The number of nitrogens with zero attached hydrogens (tertiary/aromatic N) is 2. The lowest BCUT2D eigenvalue weighted by atomic mass is 10.1. The van der Waals surface area contributed by atoms with E-state index in [1.807, 2.05) is 44.3 Å². The molecule has 0 spiro atoms. The van der Waals surface area contributed by atoms with E-state index in [9.17, 15) is 5.11 Å². The summed E-state index contributed by atoms with van der Waals surface area (Å²) in [6.45, 7) is 5.91. The van der Waals surface area contributed by atoms with Gasteiger partial charge in [0.05, 0.1) is 5.60 Å². The average Bonchev–Trinajstić information content (AvgIpc) is 2.39. The Kier molecular flexibility index (Phi) is 4.88. The quantitative estimate of drug-likeness (QED) is 0.877. The third kappa shape index (κ3) is 5.11. The molecule has 0 aliphatic rings. The summed E-state index contributed by atoms with van der Waals surface area (Å²) in [5, 5.41) is 10.1. The first-order valence-corrected chi connectivity index (χ1v) is 6.90. The molecular formula is C17H22N2O. The van der Waals surface area contributed by atoms with E-state index in [4.69, 9.17) is 0 Å². The molecule has 1 N–H and O–H groups in total. The summed E-state index contributed by atoms with van der Waals surface area (Å²) in [7, 11) is 0. The van der Waals surface area contributed by atoms with E-state index in [-0.39, 0.29) is 0 Å². The van der Waals surface area contributed by atoms with Crippen LogP contribution in [0.2, 0.25) is 0 Å². The van der Waals surface area contributed by atoms with Gasteiger partial charge in [-0.1, -0.05) is 36.4 Å². The fraction of sp³-hybridized carbons (Fsp3) is 0.353. The number of hydrogen-bond donors (Lipinski definition) is 1. The van der Waals surface area contributed by atoms with Gasteiger partial charge in [-0.15, -0.1) is 0 Å². The zero-order chi connectivity index (χ0) is 14.4. The van der Waals surface area contributed by atoms with Crippen molar-refractivity contribution < 1.29 is 5.11 Å². The minimum Gasteiger partial charge on any atom is -0.389 e. The molecule has 20 heavy (non-hydrogen) atoms. The Labute approximate surface area is 120 Å². The van der Waals surface area contributed by atoms with Gasteiger partial charge in [-0.2, -0.15) is 0 Å². The minimum atomic E-state index is -0.711. The maximum atomic E-state index is 10.1. The molecule has 2 aromatic rings. The molecule has 3 heteroatoms. The summed E-state index contributed by atoms with van der Waals surface area (Å²) in [6, 6.07) is 14.3. The van der Waals surface area contributed by atoms with Crippen molar-refractivity contribution >= 4 is 0 Å². The number of benzene rings is 1. The molecule has 2 rings (SSSR count). The molecule has 0 unspecified atom stereocenters. The van der Waals surface area contributed by atoms with Gasteiger partial charge in [-0.05, 0) is 31.0 Å². The zero-order valence-electron chi connectivity index (χ0n) is 12.2. The minimum absolute atomic E-state index is 0.622. The Balaban J connectivity index is 2.08. The first-order chi connectivity index (χ1) is 9.53. The Morgan fingerprint density at radius 1 is 1.00 bits per heavy atom. The molecule has 0 atom stereocenters. The fourth-order valence-electron chi connectivity index (χ4n) is 2.31. The summed E-state index contributed by atoms with van der Waals surface area (Å²) < 4.78 is 0. The van der Waals surface area contributed by atoms with Crippen LogP contribution in [0.5, 0.6) is 0 Å². The van der Waals surface area contributed by atoms with Gasteiger partial charge in [0, 0.05) is 32.0 Å². The Morgan fingerprint density at radius 3 is 2.25 bits per heavy atom. The molecule has 0 saturated heterocycles. The normalized spacial score (nSPS) is 11.8. The molecule has 0 aliphatic carbocycles. The highest BCUT2D eigenvalue weighted by molar-refractivity contribution is 5.15. The van der Waals surface area contributed by atoms with E-state index in [1.165, 1.54) is 5.56 Å². The van der Waals surface area contributed by atoms with Crippen molar-refractivity contribution in [1.29, 1.82) is 0 Å². The highest BCUT2D eigenvalue weighted by atomic mass is 16.3. The molecule has 1 aromatic carbocycles. The maximum absolute atomic E-state index is 10.1. The second kappa shape index (κ2) is 6.64. The molecule has 0 amide bonds. The summed E-state index contributed by atoms with van der Waals surface area (Å²) in [6.07, 6.45) is 3.66. The smallest absolute Gasteiger partial charge is 0.0718 e. The van der Waals surface area contributed by atoms with Crippen LogP contribution in [0, 0.1) is 0 Å². The van der Waals surface area contributed by atoms with Crippen LogP contribution in [0.4, 0.5) is 0 Å². The Hall–Kier alpha value is -1.71. The van der Waals surface area contributed by atoms with Gasteiger partial charge in [-0.3, -0.25) is 9.88 Å². The Bertz CT molecular complexity index is 464. The van der Waals surface area contributed by atoms with Gasteiger partial charge in [0.1, 0.15) is 0 Å². The van der Waals surface area contributed by atoms with Crippen LogP contribution in [-0.2, 0) is 13.1 Å². The van der Waals surface area contributed by atoms with Gasteiger partial charge in [-0.25, -0.2) is 0 Å². The van der Waals surface area contributed by atoms with Gasteiger partial charge < -0.3 is 5.11 Å². The molecule has 106 valence electrons. The molecular weight excluding hydrogens is 248 g/mol. The van der Waals surface area contributed by atoms with Crippen LogP contribution in [-0.4, -0.2) is 27.1 Å². The van der Waals surface area contributed by atoms with Crippen LogP contribution in [0.25, 0.3) is 0 Å². The van der Waals surface area contributed by atoms with Crippen molar-refractivity contribution in [2.45, 2.75) is 32.5 Å². The van der Waals surface area contributed by atoms with E-state index in [1.54, 1.807) is 6.20 Å². The summed E-state index contributed by atoms with van der Waals surface area (Å²) in [4.78, 5) is 6.39. The predicted molar refractivity (Wildman–Crippen MR) is 81.1 cm³/mol. The van der Waals surface area contributed by atoms with Crippen LogP contribution in [0.3, 0.4) is 0 Å². The molecule has 0 radical (unpaired) electrons. The topological polar surface area (TPSA) is 36.4 Å².